The van der Waals surface area contributed by atoms with E-state index in [9.17, 15) is 19.2 Å². The Hall–Kier alpha value is -6.75. The van der Waals surface area contributed by atoms with Crippen LogP contribution in [0.5, 0.6) is 11.5 Å². The zero-order chi connectivity index (χ0) is 73.7. The third-order valence-electron chi connectivity index (χ3n) is 15.2. The number of para-hydroxylation sites is 2. The molecule has 23 heteroatoms. The average molecular weight is 1480 g/mol. The molecule has 2 aliphatic heterocycles. The molecular formula is C79H99BCl4N8NaO9. The van der Waals surface area contributed by atoms with Crippen LogP contribution >= 0.6 is 46.4 Å². The fourth-order valence-electron chi connectivity index (χ4n) is 10.3. The maximum absolute atomic E-state index is 10.6. The number of aromatic nitrogens is 3. The molecule has 0 bridgehead atoms. The number of halogens is 4. The second-order valence-electron chi connectivity index (χ2n) is 24.7. The van der Waals surface area contributed by atoms with Crippen LogP contribution in [0.4, 0.5) is 0 Å². The van der Waals surface area contributed by atoms with Crippen molar-refractivity contribution in [1.82, 2.24) is 35.0 Å². The SMILES string of the molecule is CC(=O)OOC(C)=O.CC(C)N.CC(C)N(CC1CCN(CCOc2ccccc2)CC1)C(c1ccc(Cl)cc1)c1ccccn1.CC(C)NC(c1ccc(Cl)cc1)c1ccccn1.Clc1ccc(C(Cl)c2ccccn2)cc1.O=CC1CCN(CCOc2ccccc2)CC1.[B-]OC(C)=O.[Na+]. The van der Waals surface area contributed by atoms with Crippen molar-refractivity contribution >= 4 is 78.6 Å². The number of pyridine rings is 3. The first-order valence-corrected chi connectivity index (χ1v) is 35.5. The van der Waals surface area contributed by atoms with Crippen LogP contribution in [0.25, 0.3) is 0 Å². The third-order valence-corrected chi connectivity index (χ3v) is 16.5. The van der Waals surface area contributed by atoms with E-state index < -0.39 is 17.9 Å². The van der Waals surface area contributed by atoms with Crippen LogP contribution in [-0.4, -0.2) is 139 Å². The van der Waals surface area contributed by atoms with Gasteiger partial charge in [0.1, 0.15) is 36.4 Å². The standard InChI is InChI=1S/C29H36ClN3O.C15H17ClN2.C14H19NO2.C12H9Cl2N.C4H6O4.C3H9N.C2H3BO2.Na/c1-23(2)33(29(28-10-6-7-17-31-28)25-11-13-26(30)14-12-25)22-24-15-18-32(19-16-24)20-21-34-27-8-4-3-5-9-27;1-11(2)18-15(14-5-3-4-10-17-14)12-6-8-13(16)9-7-12;16-12-13-6-8-15(9-7-13)10-11-17-14-4-2-1-3-5-14;13-10-6-4-9(5-7-10)12(14)11-3-1-2-8-15-11;1-3(5)7-8-4(2)6;1-3(2)4;1-2(4)5-3;/h3-14,17,23-24,29H,15-16,18-22H2,1-2H3;3-11,15,18H,1-2H3;1-5,12-13H,6-11H2;1-8,12H;1-2H3;3H,4H2,1-2H3;1H3;/q;;;;;;-1;+1. The molecule has 17 nitrogen and oxygen atoms in total. The first kappa shape index (κ1) is 89.5. The minimum absolute atomic E-state index is 0. The van der Waals surface area contributed by atoms with Crippen molar-refractivity contribution in [1.29, 1.82) is 0 Å². The molecule has 2 saturated heterocycles. The van der Waals surface area contributed by atoms with Crippen LogP contribution in [0, 0.1) is 11.8 Å². The van der Waals surface area contributed by atoms with Crippen molar-refractivity contribution in [2.75, 3.05) is 59.0 Å². The van der Waals surface area contributed by atoms with E-state index in [0.29, 0.717) is 29.1 Å². The summed E-state index contributed by atoms with van der Waals surface area (Å²) in [7, 11) is 4.32. The van der Waals surface area contributed by atoms with Crippen LogP contribution in [0.1, 0.15) is 139 Å². The Morgan fingerprint density at radius 3 is 1.28 bits per heavy atom. The summed E-state index contributed by atoms with van der Waals surface area (Å²) in [6.07, 6.45) is 11.0. The molecule has 102 heavy (non-hydrogen) atoms. The van der Waals surface area contributed by atoms with E-state index in [2.05, 4.69) is 104 Å². The van der Waals surface area contributed by atoms with Crippen LogP contribution in [-0.2, 0) is 33.6 Å². The Balaban J connectivity index is 0.000000341. The van der Waals surface area contributed by atoms with Gasteiger partial charge in [-0.1, -0.05) is 140 Å². The number of ether oxygens (including phenoxy) is 2. The molecule has 10 rings (SSSR count). The maximum Gasteiger partial charge on any atom is 1.00 e. The number of rotatable bonds is 21. The van der Waals surface area contributed by atoms with Gasteiger partial charge >= 0.3 is 41.5 Å². The molecular weight excluding hydrogens is 1380 g/mol. The second kappa shape index (κ2) is 52.2. The zero-order valence-electron chi connectivity index (χ0n) is 60.5. The molecule has 5 heterocycles. The Morgan fingerprint density at radius 2 is 0.922 bits per heavy atom. The summed E-state index contributed by atoms with van der Waals surface area (Å²) < 4.78 is 15.2. The molecule has 2 fully saturated rings. The summed E-state index contributed by atoms with van der Waals surface area (Å²) in [5.41, 5.74) is 11.5. The summed E-state index contributed by atoms with van der Waals surface area (Å²) in [5, 5.41) is 5.54. The van der Waals surface area contributed by atoms with Crippen molar-refractivity contribution in [2.24, 2.45) is 17.6 Å². The Morgan fingerprint density at radius 1 is 0.549 bits per heavy atom. The van der Waals surface area contributed by atoms with Gasteiger partial charge in [-0.2, -0.15) is 0 Å². The molecule has 3 radical (unpaired) electrons. The summed E-state index contributed by atoms with van der Waals surface area (Å²) in [6, 6.07) is 62.8. The molecule has 8 aromatic rings. The van der Waals surface area contributed by atoms with E-state index in [1.807, 2.05) is 190 Å². The Labute approximate surface area is 648 Å². The first-order chi connectivity index (χ1) is 48.5. The minimum Gasteiger partial charge on any atom is -0.793 e. The minimum atomic E-state index is -0.639. The number of nitrogens with two attached hydrogens (primary N) is 1. The van der Waals surface area contributed by atoms with Gasteiger partial charge in [0.05, 0.1) is 29.2 Å². The second-order valence-corrected chi connectivity index (χ2v) is 26.4. The number of carbonyl (C=O) groups is 4. The van der Waals surface area contributed by atoms with Crippen molar-refractivity contribution < 1.29 is 72.6 Å². The summed E-state index contributed by atoms with van der Waals surface area (Å²) >= 11 is 24.2. The van der Waals surface area contributed by atoms with Gasteiger partial charge in [0, 0.05) is 92.1 Å². The number of nitrogens with one attached hydrogen (secondary N) is 1. The zero-order valence-corrected chi connectivity index (χ0v) is 65.6. The van der Waals surface area contributed by atoms with Gasteiger partial charge in [0.15, 0.2) is 0 Å². The number of nitrogens with zero attached hydrogens (tertiary/aromatic N) is 6. The van der Waals surface area contributed by atoms with Crippen LogP contribution in [0.2, 0.25) is 15.1 Å². The van der Waals surface area contributed by atoms with Gasteiger partial charge in [-0.15, -0.1) is 11.6 Å². The van der Waals surface area contributed by atoms with E-state index in [0.717, 1.165) is 136 Å². The summed E-state index contributed by atoms with van der Waals surface area (Å²) in [5.74, 6) is 1.09. The number of likely N-dealkylation sites (tertiary alicyclic amines) is 2. The number of hydrogen-bond donors (Lipinski definition) is 2. The quantitative estimate of drug-likeness (QED) is 0.0226. The number of piperidine rings is 2. The average Bonchev–Trinajstić information content (AvgIpc) is 0.812. The largest absolute Gasteiger partial charge is 1.00 e. The van der Waals surface area contributed by atoms with Gasteiger partial charge < -0.3 is 38.0 Å². The third kappa shape index (κ3) is 38.1. The number of alkyl halides is 1. The van der Waals surface area contributed by atoms with E-state index in [4.69, 9.17) is 66.6 Å². The number of carbonyl (C=O) groups excluding carboxylic acids is 4. The van der Waals surface area contributed by atoms with Crippen molar-refractivity contribution in [2.45, 2.75) is 124 Å². The monoisotopic (exact) mass is 1480 g/mol. The predicted molar refractivity (Wildman–Crippen MR) is 407 cm³/mol. The maximum atomic E-state index is 10.6. The van der Waals surface area contributed by atoms with Gasteiger partial charge in [-0.25, -0.2) is 19.4 Å². The molecule has 2 aliphatic rings. The molecule has 3 atom stereocenters. The van der Waals surface area contributed by atoms with E-state index >= 15 is 0 Å². The topological polar surface area (TPSA) is 201 Å². The van der Waals surface area contributed by atoms with Crippen molar-refractivity contribution in [3.63, 3.8) is 0 Å². The molecule has 3 N–H and O–H groups in total. The first-order valence-electron chi connectivity index (χ1n) is 33.9. The van der Waals surface area contributed by atoms with E-state index in [-0.39, 0.29) is 52.9 Å². The van der Waals surface area contributed by atoms with Crippen LogP contribution in [0.3, 0.4) is 0 Å². The Kier molecular flexibility index (Phi) is 45.8. The number of hydrogen-bond acceptors (Lipinski definition) is 17. The molecule has 0 spiro atoms. The Bertz CT molecular complexity index is 3470. The molecule has 3 unspecified atom stereocenters. The smallest absolute Gasteiger partial charge is 0.793 e. The van der Waals surface area contributed by atoms with Gasteiger partial charge in [-0.05, 0) is 205 Å². The predicted octanol–water partition coefficient (Wildman–Crippen LogP) is 13.2. The van der Waals surface area contributed by atoms with E-state index in [1.54, 1.807) is 6.20 Å². The summed E-state index contributed by atoms with van der Waals surface area (Å²) in [6.45, 7) is 25.0. The molecule has 5 aromatic carbocycles. The molecule has 0 saturated carbocycles. The van der Waals surface area contributed by atoms with Gasteiger partial charge in [0.25, 0.3) is 0 Å². The fourth-order valence-corrected chi connectivity index (χ4v) is 10.9. The van der Waals surface area contributed by atoms with Gasteiger partial charge in [0.2, 0.25) is 5.97 Å². The molecule has 0 aliphatic carbocycles. The number of benzene rings is 5. The van der Waals surface area contributed by atoms with E-state index in [1.165, 1.54) is 30.9 Å². The molecule has 3 aromatic heterocycles. The number of aldehydes is 1. The fraction of sp³-hybridized carbons (Fsp3) is 0.380. The van der Waals surface area contributed by atoms with Crippen LogP contribution < -0.4 is 50.1 Å². The van der Waals surface area contributed by atoms with Crippen molar-refractivity contribution in [3.8, 4) is 11.5 Å². The summed E-state index contributed by atoms with van der Waals surface area (Å²) in [4.78, 5) is 68.3. The van der Waals surface area contributed by atoms with Gasteiger partial charge in [-0.3, -0.25) is 34.4 Å². The normalized spacial score (nSPS) is 13.7. The van der Waals surface area contributed by atoms with Crippen LogP contribution in [0.15, 0.2) is 207 Å². The van der Waals surface area contributed by atoms with Crippen molar-refractivity contribution in [3.05, 3.63) is 255 Å². The molecule has 541 valence electrons. The molecule has 0 amide bonds.